The van der Waals surface area contributed by atoms with Crippen molar-refractivity contribution in [3.05, 3.63) is 30.1 Å². The third-order valence-electron chi connectivity index (χ3n) is 2.19. The van der Waals surface area contributed by atoms with E-state index in [0.717, 1.165) is 4.31 Å². The minimum Gasteiger partial charge on any atom is -0.409 e. The number of nitrogens with zero attached hydrogens (tertiary/aromatic N) is 3. The highest BCUT2D eigenvalue weighted by atomic mass is 32.2. The second-order valence-electron chi connectivity index (χ2n) is 3.58. The molecule has 0 radical (unpaired) electrons. The number of rotatable bonds is 6. The molecule has 8 nitrogen and oxygen atoms in total. The zero-order valence-corrected chi connectivity index (χ0v) is 10.4. The van der Waals surface area contributed by atoms with Crippen molar-refractivity contribution in [3.63, 3.8) is 0 Å². The summed E-state index contributed by atoms with van der Waals surface area (Å²) in [6.45, 7) is 0.120. The van der Waals surface area contributed by atoms with Crippen molar-refractivity contribution in [2.45, 2.75) is 13.0 Å². The van der Waals surface area contributed by atoms with E-state index >= 15 is 0 Å². The van der Waals surface area contributed by atoms with E-state index in [1.165, 1.54) is 0 Å². The molecule has 0 unspecified atom stereocenters. The summed E-state index contributed by atoms with van der Waals surface area (Å²) in [5, 5.41) is 16.3. The largest absolute Gasteiger partial charge is 0.409 e. The lowest BCUT2D eigenvalue weighted by molar-refractivity contribution is 0.315. The van der Waals surface area contributed by atoms with Gasteiger partial charge >= 0.3 is 0 Å². The van der Waals surface area contributed by atoms with Gasteiger partial charge in [-0.15, -0.1) is 0 Å². The van der Waals surface area contributed by atoms with Crippen molar-refractivity contribution < 1.29 is 13.6 Å². The van der Waals surface area contributed by atoms with Gasteiger partial charge in [0.15, 0.2) is 0 Å². The van der Waals surface area contributed by atoms with E-state index in [9.17, 15) is 8.42 Å². The van der Waals surface area contributed by atoms with Crippen LogP contribution in [0.2, 0.25) is 0 Å². The van der Waals surface area contributed by atoms with Crippen molar-refractivity contribution in [1.82, 2.24) is 9.29 Å². The molecule has 0 aliphatic rings. The predicted octanol–water partition coefficient (Wildman–Crippen LogP) is -0.776. The molecular formula is C9H15N5O3S. The molecule has 100 valence electrons. The van der Waals surface area contributed by atoms with Crippen LogP contribution >= 0.6 is 0 Å². The van der Waals surface area contributed by atoms with E-state index in [1.807, 2.05) is 0 Å². The minimum atomic E-state index is -3.85. The summed E-state index contributed by atoms with van der Waals surface area (Å²) in [7, 11) is -3.85. The Labute approximate surface area is 105 Å². The molecule has 9 heteroatoms. The smallest absolute Gasteiger partial charge is 0.277 e. The summed E-state index contributed by atoms with van der Waals surface area (Å²) < 4.78 is 23.8. The standard InChI is InChI=1S/C9H15N5O3S/c10-9(13-15)3-5-14(18(11,16)17)7-8-2-1-4-12-6-8/h1-2,4,6,15H,3,5,7H2,(H2,10,13)(H2,11,16,17). The number of nitrogens with two attached hydrogens (primary N) is 2. The second kappa shape index (κ2) is 6.28. The molecule has 1 aromatic heterocycles. The molecule has 0 aliphatic heterocycles. The van der Waals surface area contributed by atoms with Gasteiger partial charge in [-0.05, 0) is 11.6 Å². The Morgan fingerprint density at radius 3 is 2.78 bits per heavy atom. The van der Waals surface area contributed by atoms with Crippen molar-refractivity contribution in [2.24, 2.45) is 16.0 Å². The molecule has 1 rings (SSSR count). The number of pyridine rings is 1. The number of hydrogen-bond acceptors (Lipinski definition) is 5. The maximum absolute atomic E-state index is 11.4. The van der Waals surface area contributed by atoms with Crippen LogP contribution < -0.4 is 10.9 Å². The van der Waals surface area contributed by atoms with Gasteiger partial charge in [0.25, 0.3) is 10.2 Å². The zero-order chi connectivity index (χ0) is 13.6. The summed E-state index contributed by atoms with van der Waals surface area (Å²) in [6.07, 6.45) is 3.22. The molecule has 18 heavy (non-hydrogen) atoms. The van der Waals surface area contributed by atoms with Crippen LogP contribution in [0.25, 0.3) is 0 Å². The maximum Gasteiger partial charge on any atom is 0.277 e. The normalized spacial score (nSPS) is 12.9. The average molecular weight is 273 g/mol. The molecule has 0 aliphatic carbocycles. The van der Waals surface area contributed by atoms with Crippen LogP contribution in [0, 0.1) is 0 Å². The first-order valence-electron chi connectivity index (χ1n) is 5.06. The Morgan fingerprint density at radius 2 is 2.28 bits per heavy atom. The Bertz CT molecular complexity index is 502. The highest BCUT2D eigenvalue weighted by molar-refractivity contribution is 7.86. The third kappa shape index (κ3) is 4.65. The van der Waals surface area contributed by atoms with E-state index in [0.29, 0.717) is 5.56 Å². The highest BCUT2D eigenvalue weighted by Crippen LogP contribution is 2.06. The van der Waals surface area contributed by atoms with Crippen LogP contribution in [0.1, 0.15) is 12.0 Å². The van der Waals surface area contributed by atoms with Crippen LogP contribution in [-0.2, 0) is 16.8 Å². The molecule has 0 bridgehead atoms. The van der Waals surface area contributed by atoms with Crippen LogP contribution in [0.3, 0.4) is 0 Å². The van der Waals surface area contributed by atoms with Crippen LogP contribution in [0.5, 0.6) is 0 Å². The lowest BCUT2D eigenvalue weighted by atomic mass is 10.3. The molecule has 0 aromatic carbocycles. The first kappa shape index (κ1) is 14.4. The second-order valence-corrected chi connectivity index (χ2v) is 5.13. The van der Waals surface area contributed by atoms with Gasteiger partial charge in [0, 0.05) is 31.9 Å². The topological polar surface area (TPSA) is 135 Å². The lowest BCUT2D eigenvalue weighted by Gasteiger charge is -2.18. The molecule has 0 atom stereocenters. The summed E-state index contributed by atoms with van der Waals surface area (Å²) in [5.74, 6) is -0.0603. The van der Waals surface area contributed by atoms with E-state index < -0.39 is 10.2 Å². The van der Waals surface area contributed by atoms with E-state index in [-0.39, 0.29) is 25.3 Å². The fourth-order valence-corrected chi connectivity index (χ4v) is 1.96. The van der Waals surface area contributed by atoms with Crippen molar-refractivity contribution in [1.29, 1.82) is 0 Å². The summed E-state index contributed by atoms with van der Waals surface area (Å²) in [4.78, 5) is 3.88. The summed E-state index contributed by atoms with van der Waals surface area (Å²) in [6, 6.07) is 3.43. The molecule has 0 saturated carbocycles. The molecule has 0 amide bonds. The highest BCUT2D eigenvalue weighted by Gasteiger charge is 2.18. The molecule has 1 heterocycles. The van der Waals surface area contributed by atoms with Gasteiger partial charge < -0.3 is 10.9 Å². The minimum absolute atomic E-state index is 0.0314. The zero-order valence-electron chi connectivity index (χ0n) is 9.60. The van der Waals surface area contributed by atoms with E-state index in [1.54, 1.807) is 24.5 Å². The van der Waals surface area contributed by atoms with E-state index in [2.05, 4.69) is 10.1 Å². The molecule has 5 N–H and O–H groups in total. The quantitative estimate of drug-likeness (QED) is 0.270. The molecule has 1 aromatic rings. The fourth-order valence-electron chi connectivity index (χ4n) is 1.28. The van der Waals surface area contributed by atoms with Gasteiger partial charge in [0.1, 0.15) is 5.84 Å². The molecular weight excluding hydrogens is 258 g/mol. The van der Waals surface area contributed by atoms with Crippen molar-refractivity contribution >= 4 is 16.0 Å². The van der Waals surface area contributed by atoms with Crippen LogP contribution in [0.15, 0.2) is 29.7 Å². The number of aromatic nitrogens is 1. The van der Waals surface area contributed by atoms with E-state index in [4.69, 9.17) is 16.1 Å². The Kier molecular flexibility index (Phi) is 5.01. The SMILES string of the molecule is N/C(CCN(Cc1cccnc1)S(N)(=O)=O)=N/O. The Morgan fingerprint density at radius 1 is 1.56 bits per heavy atom. The number of hydrogen-bond donors (Lipinski definition) is 3. The molecule has 0 fully saturated rings. The first-order chi connectivity index (χ1) is 8.43. The van der Waals surface area contributed by atoms with Gasteiger partial charge in [0.05, 0.1) is 0 Å². The predicted molar refractivity (Wildman–Crippen MR) is 65.8 cm³/mol. The Hall–Kier alpha value is -1.71. The van der Waals surface area contributed by atoms with Gasteiger partial charge in [-0.3, -0.25) is 4.98 Å². The van der Waals surface area contributed by atoms with Gasteiger partial charge in [-0.2, -0.15) is 12.7 Å². The first-order valence-corrected chi connectivity index (χ1v) is 6.57. The van der Waals surface area contributed by atoms with Crippen molar-refractivity contribution in [2.75, 3.05) is 6.54 Å². The third-order valence-corrected chi connectivity index (χ3v) is 3.22. The van der Waals surface area contributed by atoms with Gasteiger partial charge in [0.2, 0.25) is 0 Å². The monoisotopic (exact) mass is 273 g/mol. The number of oxime groups is 1. The van der Waals surface area contributed by atoms with Crippen LogP contribution in [-0.4, -0.2) is 35.3 Å². The Balaban J connectivity index is 2.75. The maximum atomic E-state index is 11.4. The fraction of sp³-hybridized carbons (Fsp3) is 0.333. The summed E-state index contributed by atoms with van der Waals surface area (Å²) in [5.41, 5.74) is 5.98. The molecule has 0 saturated heterocycles. The average Bonchev–Trinajstić information content (AvgIpc) is 2.33. The molecule has 0 spiro atoms. The van der Waals surface area contributed by atoms with Gasteiger partial charge in [-0.25, -0.2) is 5.14 Å². The lowest BCUT2D eigenvalue weighted by Crippen LogP contribution is -2.38. The van der Waals surface area contributed by atoms with Crippen molar-refractivity contribution in [3.8, 4) is 0 Å². The number of amidine groups is 1. The van der Waals surface area contributed by atoms with Crippen LogP contribution in [0.4, 0.5) is 0 Å². The van der Waals surface area contributed by atoms with Gasteiger partial charge in [-0.1, -0.05) is 11.2 Å². The summed E-state index contributed by atoms with van der Waals surface area (Å²) >= 11 is 0.